The molecule has 1 aliphatic rings. The number of rotatable bonds is 6. The van der Waals surface area contributed by atoms with Crippen LogP contribution in [0.5, 0.6) is 0 Å². The minimum atomic E-state index is -4.90. The molecule has 0 spiro atoms. The van der Waals surface area contributed by atoms with Gasteiger partial charge in [-0.2, -0.15) is 26.3 Å². The number of nitrogens with one attached hydrogen (secondary N) is 1. The highest BCUT2D eigenvalue weighted by molar-refractivity contribution is 5.33. The first-order valence-corrected chi connectivity index (χ1v) is 10.8. The number of aromatic nitrogens is 2. The quantitative estimate of drug-likeness (QED) is 0.415. The number of H-pyrrole nitrogens is 1. The van der Waals surface area contributed by atoms with Crippen molar-refractivity contribution in [2.24, 2.45) is 0 Å². The molecule has 2 aromatic carbocycles. The average molecular weight is 483 g/mol. The van der Waals surface area contributed by atoms with Crippen molar-refractivity contribution in [3.05, 3.63) is 89.0 Å². The van der Waals surface area contributed by atoms with Crippen molar-refractivity contribution < 1.29 is 31.1 Å². The molecule has 4 nitrogen and oxygen atoms in total. The molecular formula is C24H23F6N3O. The fourth-order valence-corrected chi connectivity index (χ4v) is 4.34. The molecule has 0 saturated carbocycles. The molecule has 10 heteroatoms. The van der Waals surface area contributed by atoms with Crippen LogP contribution in [0.15, 0.2) is 60.9 Å². The van der Waals surface area contributed by atoms with Gasteiger partial charge in [0.05, 0.1) is 36.4 Å². The highest BCUT2D eigenvalue weighted by atomic mass is 19.4. The largest absolute Gasteiger partial charge is 0.416 e. The summed E-state index contributed by atoms with van der Waals surface area (Å²) in [4.78, 5) is 9.50. The van der Waals surface area contributed by atoms with Gasteiger partial charge in [0.1, 0.15) is 5.82 Å². The Morgan fingerprint density at radius 3 is 2.24 bits per heavy atom. The van der Waals surface area contributed by atoms with E-state index in [9.17, 15) is 26.3 Å². The van der Waals surface area contributed by atoms with Crippen LogP contribution in [0.2, 0.25) is 0 Å². The van der Waals surface area contributed by atoms with Crippen molar-refractivity contribution in [3.63, 3.8) is 0 Å². The van der Waals surface area contributed by atoms with Gasteiger partial charge in [0.2, 0.25) is 0 Å². The molecule has 0 amide bonds. The topological polar surface area (TPSA) is 41.1 Å². The molecule has 2 atom stereocenters. The van der Waals surface area contributed by atoms with Crippen LogP contribution in [0.1, 0.15) is 47.0 Å². The van der Waals surface area contributed by atoms with Crippen LogP contribution >= 0.6 is 0 Å². The molecule has 1 aliphatic heterocycles. The smallest absolute Gasteiger partial charge is 0.372 e. The third kappa shape index (κ3) is 5.79. The molecule has 4 rings (SSSR count). The van der Waals surface area contributed by atoms with E-state index in [-0.39, 0.29) is 24.3 Å². The molecule has 0 aliphatic carbocycles. The third-order valence-electron chi connectivity index (χ3n) is 5.84. The zero-order chi connectivity index (χ0) is 24.3. The van der Waals surface area contributed by atoms with Crippen molar-refractivity contribution in [1.29, 1.82) is 0 Å². The number of alkyl halides is 6. The molecule has 1 N–H and O–H groups in total. The number of aromatic amines is 1. The minimum absolute atomic E-state index is 0.127. The summed E-state index contributed by atoms with van der Waals surface area (Å²) < 4.78 is 85.3. The molecule has 0 unspecified atom stereocenters. The highest BCUT2D eigenvalue weighted by Gasteiger charge is 2.38. The lowest BCUT2D eigenvalue weighted by Gasteiger charge is -2.41. The Labute approximate surface area is 192 Å². The first-order chi connectivity index (χ1) is 16.1. The Kier molecular flexibility index (Phi) is 6.99. The summed E-state index contributed by atoms with van der Waals surface area (Å²) in [5.41, 5.74) is -1.90. The fraction of sp³-hybridized carbons (Fsp3) is 0.375. The van der Waals surface area contributed by atoms with Gasteiger partial charge in [-0.15, -0.1) is 0 Å². The molecule has 0 bridgehead atoms. The summed E-state index contributed by atoms with van der Waals surface area (Å²) in [5, 5.41) is 0. The summed E-state index contributed by atoms with van der Waals surface area (Å²) >= 11 is 0. The van der Waals surface area contributed by atoms with Gasteiger partial charge < -0.3 is 9.72 Å². The van der Waals surface area contributed by atoms with E-state index in [1.54, 1.807) is 12.4 Å². The van der Waals surface area contributed by atoms with Crippen LogP contribution < -0.4 is 0 Å². The monoisotopic (exact) mass is 483 g/mol. The SMILES string of the molecule is FC(F)(F)c1cc(CO[C@H]2CCCN(Cc3ncc[nH]3)[C@H]2c2ccccc2)cc(C(F)(F)F)c1. The minimum Gasteiger partial charge on any atom is -0.372 e. The number of halogens is 6. The summed E-state index contributed by atoms with van der Waals surface area (Å²) in [6.07, 6.45) is -5.45. The van der Waals surface area contributed by atoms with Crippen LogP contribution in [0, 0.1) is 0 Å². The Balaban J connectivity index is 1.59. The van der Waals surface area contributed by atoms with Crippen LogP contribution in [0.4, 0.5) is 26.3 Å². The van der Waals surface area contributed by atoms with E-state index in [0.717, 1.165) is 36.5 Å². The van der Waals surface area contributed by atoms with Crippen molar-refractivity contribution >= 4 is 0 Å². The van der Waals surface area contributed by atoms with Crippen LogP contribution in [0.3, 0.4) is 0 Å². The maximum Gasteiger partial charge on any atom is 0.416 e. The summed E-state index contributed by atoms with van der Waals surface area (Å²) in [5.74, 6) is 0.759. The maximum atomic E-state index is 13.2. The van der Waals surface area contributed by atoms with Crippen molar-refractivity contribution in [3.8, 4) is 0 Å². The third-order valence-corrected chi connectivity index (χ3v) is 5.84. The first-order valence-electron chi connectivity index (χ1n) is 10.8. The van der Waals surface area contributed by atoms with Gasteiger partial charge in [-0.05, 0) is 48.7 Å². The second-order valence-corrected chi connectivity index (χ2v) is 8.27. The number of piperidine rings is 1. The molecule has 1 saturated heterocycles. The molecule has 34 heavy (non-hydrogen) atoms. The fourth-order valence-electron chi connectivity index (χ4n) is 4.34. The maximum absolute atomic E-state index is 13.2. The molecule has 1 fully saturated rings. The molecule has 0 radical (unpaired) electrons. The number of benzene rings is 2. The summed E-state index contributed by atoms with van der Waals surface area (Å²) in [6.45, 7) is 0.895. The molecule has 1 aromatic heterocycles. The lowest BCUT2D eigenvalue weighted by atomic mass is 9.92. The van der Waals surface area contributed by atoms with Crippen LogP contribution in [-0.4, -0.2) is 27.5 Å². The number of hydrogen-bond donors (Lipinski definition) is 1. The summed E-state index contributed by atoms with van der Waals surface area (Å²) in [7, 11) is 0. The predicted octanol–water partition coefficient (Wildman–Crippen LogP) is 6.37. The van der Waals surface area contributed by atoms with E-state index < -0.39 is 29.6 Å². The molecule has 182 valence electrons. The van der Waals surface area contributed by atoms with E-state index in [1.165, 1.54) is 0 Å². The normalized spacial score (nSPS) is 19.9. The van der Waals surface area contributed by atoms with E-state index in [4.69, 9.17) is 4.74 Å². The number of hydrogen-bond acceptors (Lipinski definition) is 3. The van der Waals surface area contributed by atoms with Gasteiger partial charge in [0.15, 0.2) is 0 Å². The zero-order valence-corrected chi connectivity index (χ0v) is 18.0. The Morgan fingerprint density at radius 1 is 0.971 bits per heavy atom. The number of likely N-dealkylation sites (tertiary alicyclic amines) is 1. The molecule has 2 heterocycles. The van der Waals surface area contributed by atoms with Crippen LogP contribution in [-0.2, 0) is 30.2 Å². The van der Waals surface area contributed by atoms with E-state index in [1.807, 2.05) is 30.3 Å². The Morgan fingerprint density at radius 2 is 1.65 bits per heavy atom. The summed E-state index contributed by atoms with van der Waals surface area (Å²) in [6, 6.07) is 10.9. The van der Waals surface area contributed by atoms with Crippen molar-refractivity contribution in [2.45, 2.75) is 50.5 Å². The number of imidazole rings is 1. The number of ether oxygens (including phenoxy) is 1. The standard InChI is InChI=1S/C24H23F6N3O/c25-23(26,27)18-11-16(12-19(13-18)24(28,29)30)15-34-20-7-4-10-33(14-21-31-8-9-32-21)22(20)17-5-2-1-3-6-17/h1-3,5-6,8-9,11-13,20,22H,4,7,10,14-15H2,(H,31,32)/t20-,22-/m0/s1. The van der Waals surface area contributed by atoms with Gasteiger partial charge in [0.25, 0.3) is 0 Å². The Bertz CT molecular complexity index is 1030. The van der Waals surface area contributed by atoms with Gasteiger partial charge in [-0.25, -0.2) is 4.98 Å². The lowest BCUT2D eigenvalue weighted by molar-refractivity contribution is -0.143. The predicted molar refractivity (Wildman–Crippen MR) is 112 cm³/mol. The Hall–Kier alpha value is -2.85. The van der Waals surface area contributed by atoms with Gasteiger partial charge in [0, 0.05) is 12.4 Å². The van der Waals surface area contributed by atoms with Gasteiger partial charge in [-0.1, -0.05) is 30.3 Å². The van der Waals surface area contributed by atoms with Gasteiger partial charge in [-0.3, -0.25) is 4.90 Å². The van der Waals surface area contributed by atoms with Crippen molar-refractivity contribution in [1.82, 2.24) is 14.9 Å². The lowest BCUT2D eigenvalue weighted by Crippen LogP contribution is -2.42. The second kappa shape index (κ2) is 9.79. The van der Waals surface area contributed by atoms with E-state index in [0.29, 0.717) is 13.0 Å². The molecule has 3 aromatic rings. The van der Waals surface area contributed by atoms with Crippen molar-refractivity contribution in [2.75, 3.05) is 6.54 Å². The zero-order valence-electron chi connectivity index (χ0n) is 18.0. The second-order valence-electron chi connectivity index (χ2n) is 8.27. The first kappa shape index (κ1) is 24.3. The highest BCUT2D eigenvalue weighted by Crippen LogP contribution is 2.38. The average Bonchev–Trinajstić information content (AvgIpc) is 3.30. The van der Waals surface area contributed by atoms with E-state index in [2.05, 4.69) is 14.9 Å². The van der Waals surface area contributed by atoms with E-state index >= 15 is 0 Å². The van der Waals surface area contributed by atoms with Crippen LogP contribution in [0.25, 0.3) is 0 Å². The molecular weight excluding hydrogens is 460 g/mol. The number of nitrogens with zero attached hydrogens (tertiary/aromatic N) is 2. The van der Waals surface area contributed by atoms with Gasteiger partial charge >= 0.3 is 12.4 Å².